The summed E-state index contributed by atoms with van der Waals surface area (Å²) in [6.07, 6.45) is 0. The van der Waals surface area contributed by atoms with E-state index in [4.69, 9.17) is 4.74 Å². The number of carbonyl (C=O) groups excluding carboxylic acids is 2. The first-order valence-electron chi connectivity index (χ1n) is 12.7. The van der Waals surface area contributed by atoms with E-state index < -0.39 is 34.3 Å². The van der Waals surface area contributed by atoms with Crippen LogP contribution in [0.3, 0.4) is 0 Å². The number of anilines is 1. The molecular formula is C29H34FN3O5S. The number of para-hydroxylation sites is 1. The van der Waals surface area contributed by atoms with Crippen molar-refractivity contribution < 1.29 is 27.1 Å². The quantitative estimate of drug-likeness (QED) is 0.358. The third kappa shape index (κ3) is 7.79. The van der Waals surface area contributed by atoms with Gasteiger partial charge < -0.3 is 15.0 Å². The SMILES string of the molecule is CCOc1ccc(S(=O)(=O)N(CC(=O)N(Cc2ccc(F)cc2)[C@H](C)C(=O)NC(C)C)c2ccccc2)cc1. The highest BCUT2D eigenvalue weighted by Crippen LogP contribution is 2.26. The molecule has 0 bridgehead atoms. The molecule has 0 unspecified atom stereocenters. The Balaban J connectivity index is 1.99. The molecule has 0 aliphatic heterocycles. The Kier molecular flexibility index (Phi) is 10.1. The number of halogens is 1. The van der Waals surface area contributed by atoms with Crippen molar-refractivity contribution in [3.63, 3.8) is 0 Å². The summed E-state index contributed by atoms with van der Waals surface area (Å²) in [5.74, 6) is -0.890. The van der Waals surface area contributed by atoms with Crippen LogP contribution in [0.15, 0.2) is 83.8 Å². The van der Waals surface area contributed by atoms with Crippen molar-refractivity contribution in [2.45, 2.75) is 51.2 Å². The Morgan fingerprint density at radius 2 is 1.54 bits per heavy atom. The van der Waals surface area contributed by atoms with Crippen molar-refractivity contribution in [1.29, 1.82) is 0 Å². The van der Waals surface area contributed by atoms with Gasteiger partial charge in [-0.25, -0.2) is 12.8 Å². The number of rotatable bonds is 12. The van der Waals surface area contributed by atoms with Crippen LogP contribution in [0.25, 0.3) is 0 Å². The van der Waals surface area contributed by atoms with Gasteiger partial charge in [0.15, 0.2) is 0 Å². The van der Waals surface area contributed by atoms with Crippen LogP contribution in [0, 0.1) is 5.82 Å². The molecule has 8 nitrogen and oxygen atoms in total. The van der Waals surface area contributed by atoms with E-state index in [0.29, 0.717) is 23.6 Å². The zero-order chi connectivity index (χ0) is 28.6. The molecule has 0 saturated carbocycles. The summed E-state index contributed by atoms with van der Waals surface area (Å²) in [4.78, 5) is 28.0. The van der Waals surface area contributed by atoms with Crippen LogP contribution in [0.1, 0.15) is 33.3 Å². The van der Waals surface area contributed by atoms with Gasteiger partial charge in [0, 0.05) is 12.6 Å². The number of nitrogens with zero attached hydrogens (tertiary/aromatic N) is 2. The lowest BCUT2D eigenvalue weighted by Crippen LogP contribution is -2.52. The first-order chi connectivity index (χ1) is 18.5. The fourth-order valence-corrected chi connectivity index (χ4v) is 5.31. The van der Waals surface area contributed by atoms with Crippen molar-refractivity contribution in [2.24, 2.45) is 0 Å². The second kappa shape index (κ2) is 13.2. The summed E-state index contributed by atoms with van der Waals surface area (Å²) in [6.45, 7) is 6.87. The molecule has 0 saturated heterocycles. The maximum absolute atomic E-state index is 13.8. The lowest BCUT2D eigenvalue weighted by Gasteiger charge is -2.32. The van der Waals surface area contributed by atoms with Crippen LogP contribution in [0.2, 0.25) is 0 Å². The van der Waals surface area contributed by atoms with Gasteiger partial charge in [-0.3, -0.25) is 13.9 Å². The van der Waals surface area contributed by atoms with Gasteiger partial charge in [-0.15, -0.1) is 0 Å². The molecule has 2 amide bonds. The molecule has 3 rings (SSSR count). The van der Waals surface area contributed by atoms with Crippen molar-refractivity contribution in [3.8, 4) is 5.75 Å². The van der Waals surface area contributed by atoms with E-state index in [2.05, 4.69) is 5.32 Å². The average molecular weight is 556 g/mol. The molecule has 0 aliphatic rings. The summed E-state index contributed by atoms with van der Waals surface area (Å²) in [7, 11) is -4.18. The molecule has 1 atom stereocenters. The van der Waals surface area contributed by atoms with Gasteiger partial charge in [0.25, 0.3) is 10.0 Å². The third-order valence-electron chi connectivity index (χ3n) is 5.91. The Labute approximate surface area is 229 Å². The Bertz CT molecular complexity index is 1350. The zero-order valence-electron chi connectivity index (χ0n) is 22.5. The number of ether oxygens (including phenoxy) is 1. The van der Waals surface area contributed by atoms with Crippen molar-refractivity contribution in [2.75, 3.05) is 17.5 Å². The maximum Gasteiger partial charge on any atom is 0.264 e. The molecule has 10 heteroatoms. The van der Waals surface area contributed by atoms with Crippen LogP contribution < -0.4 is 14.4 Å². The van der Waals surface area contributed by atoms with E-state index in [9.17, 15) is 22.4 Å². The standard InChI is InChI=1S/C29H34FN3O5S/c1-5-38-26-15-17-27(18-16-26)39(36,37)33(25-9-7-6-8-10-25)20-28(34)32(22(4)29(35)31-21(2)3)19-23-11-13-24(30)14-12-23/h6-18,21-22H,5,19-20H2,1-4H3,(H,31,35)/t22-/m1/s1. The Hall–Kier alpha value is -3.92. The molecule has 0 aromatic heterocycles. The molecule has 3 aromatic carbocycles. The number of carbonyl (C=O) groups is 2. The highest BCUT2D eigenvalue weighted by molar-refractivity contribution is 7.92. The van der Waals surface area contributed by atoms with Gasteiger partial charge in [0.2, 0.25) is 11.8 Å². The minimum atomic E-state index is -4.18. The van der Waals surface area contributed by atoms with Crippen LogP contribution in [0.5, 0.6) is 5.75 Å². The third-order valence-corrected chi connectivity index (χ3v) is 7.70. The summed E-state index contributed by atoms with van der Waals surface area (Å²) in [5.41, 5.74) is 0.885. The number of sulfonamides is 1. The van der Waals surface area contributed by atoms with Gasteiger partial charge in [-0.2, -0.15) is 0 Å². The van der Waals surface area contributed by atoms with E-state index >= 15 is 0 Å². The number of amides is 2. The van der Waals surface area contributed by atoms with E-state index in [0.717, 1.165) is 4.31 Å². The molecule has 39 heavy (non-hydrogen) atoms. The molecule has 208 valence electrons. The zero-order valence-corrected chi connectivity index (χ0v) is 23.3. The van der Waals surface area contributed by atoms with Crippen LogP contribution in [-0.2, 0) is 26.2 Å². The smallest absolute Gasteiger partial charge is 0.264 e. The number of hydrogen-bond donors (Lipinski definition) is 1. The normalized spacial score (nSPS) is 12.1. The number of benzene rings is 3. The Morgan fingerprint density at radius 1 is 0.923 bits per heavy atom. The van der Waals surface area contributed by atoms with Crippen molar-refractivity contribution >= 4 is 27.5 Å². The monoisotopic (exact) mass is 555 g/mol. The summed E-state index contributed by atoms with van der Waals surface area (Å²) >= 11 is 0. The van der Waals surface area contributed by atoms with Gasteiger partial charge >= 0.3 is 0 Å². The summed E-state index contributed by atoms with van der Waals surface area (Å²) < 4.78 is 47.6. The van der Waals surface area contributed by atoms with Crippen molar-refractivity contribution in [1.82, 2.24) is 10.2 Å². The fourth-order valence-electron chi connectivity index (χ4n) is 3.90. The lowest BCUT2D eigenvalue weighted by molar-refractivity contribution is -0.139. The molecule has 1 N–H and O–H groups in total. The lowest BCUT2D eigenvalue weighted by atomic mass is 10.1. The number of nitrogens with one attached hydrogen (secondary N) is 1. The number of hydrogen-bond acceptors (Lipinski definition) is 5. The minimum Gasteiger partial charge on any atom is -0.494 e. The molecule has 0 radical (unpaired) electrons. The van der Waals surface area contributed by atoms with Crippen molar-refractivity contribution in [3.05, 3.63) is 90.2 Å². The average Bonchev–Trinajstić information content (AvgIpc) is 2.91. The predicted octanol–water partition coefficient (Wildman–Crippen LogP) is 4.36. The fraction of sp³-hybridized carbons (Fsp3) is 0.310. The van der Waals surface area contributed by atoms with E-state index in [1.165, 1.54) is 41.3 Å². The molecular weight excluding hydrogens is 521 g/mol. The van der Waals surface area contributed by atoms with Crippen LogP contribution in [0.4, 0.5) is 10.1 Å². The molecule has 0 spiro atoms. The van der Waals surface area contributed by atoms with Crippen LogP contribution in [-0.4, -0.2) is 50.4 Å². The first-order valence-corrected chi connectivity index (χ1v) is 14.1. The summed E-state index contributed by atoms with van der Waals surface area (Å²) in [5, 5.41) is 2.79. The molecule has 0 fully saturated rings. The van der Waals surface area contributed by atoms with Gasteiger partial charge in [-0.1, -0.05) is 30.3 Å². The Morgan fingerprint density at radius 3 is 2.10 bits per heavy atom. The molecule has 0 heterocycles. The van der Waals surface area contributed by atoms with E-state index in [1.54, 1.807) is 63.2 Å². The minimum absolute atomic E-state index is 0.0155. The molecule has 0 aliphatic carbocycles. The first kappa shape index (κ1) is 29.6. The van der Waals surface area contributed by atoms with Crippen LogP contribution >= 0.6 is 0 Å². The van der Waals surface area contributed by atoms with Gasteiger partial charge in [0.05, 0.1) is 17.2 Å². The van der Waals surface area contributed by atoms with E-state index in [-0.39, 0.29) is 23.4 Å². The topological polar surface area (TPSA) is 96.0 Å². The molecule has 3 aromatic rings. The highest BCUT2D eigenvalue weighted by atomic mass is 32.2. The highest BCUT2D eigenvalue weighted by Gasteiger charge is 2.32. The second-order valence-electron chi connectivity index (χ2n) is 9.24. The summed E-state index contributed by atoms with van der Waals surface area (Å²) in [6, 6.07) is 18.7. The van der Waals surface area contributed by atoms with Gasteiger partial charge in [-0.05, 0) is 81.8 Å². The predicted molar refractivity (Wildman–Crippen MR) is 148 cm³/mol. The largest absolute Gasteiger partial charge is 0.494 e. The maximum atomic E-state index is 13.8. The second-order valence-corrected chi connectivity index (χ2v) is 11.1. The van der Waals surface area contributed by atoms with Gasteiger partial charge in [0.1, 0.15) is 24.2 Å². The van der Waals surface area contributed by atoms with E-state index in [1.807, 2.05) is 6.92 Å².